The number of nitrogens with one attached hydrogen (secondary N) is 1. The van der Waals surface area contributed by atoms with Crippen molar-refractivity contribution >= 4 is 10.0 Å². The van der Waals surface area contributed by atoms with Gasteiger partial charge in [0.1, 0.15) is 0 Å². The lowest BCUT2D eigenvalue weighted by Gasteiger charge is -2.06. The minimum Gasteiger partial charge on any atom is -0.211 e. The highest BCUT2D eigenvalue weighted by molar-refractivity contribution is 7.89. The molecule has 0 fully saturated rings. The Labute approximate surface area is 128 Å². The van der Waals surface area contributed by atoms with Crippen LogP contribution in [0.25, 0.3) is 0 Å². The van der Waals surface area contributed by atoms with Crippen LogP contribution in [0.15, 0.2) is 29.2 Å². The highest BCUT2D eigenvalue weighted by atomic mass is 32.2. The number of unbranched alkanes of at least 4 members (excludes halogenated alkanes) is 6. The van der Waals surface area contributed by atoms with E-state index >= 15 is 0 Å². The maximum absolute atomic E-state index is 12.0. The molecule has 0 radical (unpaired) electrons. The van der Waals surface area contributed by atoms with Crippen molar-refractivity contribution in [3.05, 3.63) is 29.8 Å². The van der Waals surface area contributed by atoms with Crippen LogP contribution in [-0.2, 0) is 10.0 Å². The van der Waals surface area contributed by atoms with Gasteiger partial charge in [0.15, 0.2) is 0 Å². The zero-order chi connectivity index (χ0) is 15.6. The fraction of sp³-hybridized carbons (Fsp3) is 0.562. The molecular formula is C16H24N2O2S. The second kappa shape index (κ2) is 9.54. The Morgan fingerprint density at radius 3 is 2.14 bits per heavy atom. The lowest BCUT2D eigenvalue weighted by atomic mass is 10.1. The van der Waals surface area contributed by atoms with Gasteiger partial charge in [0.05, 0.1) is 16.5 Å². The maximum atomic E-state index is 12.0. The topological polar surface area (TPSA) is 70.0 Å². The minimum atomic E-state index is -3.45. The SMILES string of the molecule is CCCCCCCCCNS(=O)(=O)c1ccc(C#N)cc1. The molecule has 4 nitrogen and oxygen atoms in total. The van der Waals surface area contributed by atoms with E-state index in [1.54, 1.807) is 0 Å². The Morgan fingerprint density at radius 1 is 1.00 bits per heavy atom. The van der Waals surface area contributed by atoms with Gasteiger partial charge in [-0.25, -0.2) is 13.1 Å². The minimum absolute atomic E-state index is 0.212. The summed E-state index contributed by atoms with van der Waals surface area (Å²) < 4.78 is 26.6. The summed E-state index contributed by atoms with van der Waals surface area (Å²) in [5.41, 5.74) is 0.459. The Balaban J connectivity index is 2.28. The average Bonchev–Trinajstić information content (AvgIpc) is 2.50. The number of rotatable bonds is 10. The molecule has 116 valence electrons. The molecule has 0 saturated heterocycles. The van der Waals surface area contributed by atoms with E-state index in [-0.39, 0.29) is 4.90 Å². The highest BCUT2D eigenvalue weighted by Crippen LogP contribution is 2.11. The highest BCUT2D eigenvalue weighted by Gasteiger charge is 2.12. The fourth-order valence-electron chi connectivity index (χ4n) is 2.08. The first-order chi connectivity index (χ1) is 10.1. The molecule has 21 heavy (non-hydrogen) atoms. The molecule has 0 bridgehead atoms. The second-order valence-corrected chi connectivity index (χ2v) is 6.92. The lowest BCUT2D eigenvalue weighted by Crippen LogP contribution is -2.24. The Morgan fingerprint density at radius 2 is 1.57 bits per heavy atom. The van der Waals surface area contributed by atoms with E-state index in [0.29, 0.717) is 12.1 Å². The van der Waals surface area contributed by atoms with Crippen molar-refractivity contribution in [2.45, 2.75) is 56.8 Å². The van der Waals surface area contributed by atoms with Gasteiger partial charge in [-0.1, -0.05) is 45.4 Å². The summed E-state index contributed by atoms with van der Waals surface area (Å²) >= 11 is 0. The quantitative estimate of drug-likeness (QED) is 0.671. The van der Waals surface area contributed by atoms with Gasteiger partial charge in [0.2, 0.25) is 10.0 Å². The summed E-state index contributed by atoms with van der Waals surface area (Å²) in [6.07, 6.45) is 8.11. The van der Waals surface area contributed by atoms with Crippen molar-refractivity contribution in [2.75, 3.05) is 6.54 Å². The summed E-state index contributed by atoms with van der Waals surface area (Å²) in [6, 6.07) is 7.93. The molecule has 0 aliphatic carbocycles. The van der Waals surface area contributed by atoms with Crippen molar-refractivity contribution in [2.24, 2.45) is 0 Å². The molecule has 0 aliphatic rings. The van der Waals surface area contributed by atoms with Crippen molar-refractivity contribution < 1.29 is 8.42 Å². The van der Waals surface area contributed by atoms with Crippen LogP contribution < -0.4 is 4.72 Å². The van der Waals surface area contributed by atoms with Gasteiger partial charge >= 0.3 is 0 Å². The predicted octanol–water partition coefficient (Wildman–Crippen LogP) is 3.59. The van der Waals surface area contributed by atoms with Gasteiger partial charge < -0.3 is 0 Å². The van der Waals surface area contributed by atoms with Gasteiger partial charge in [-0.3, -0.25) is 0 Å². The van der Waals surface area contributed by atoms with Crippen molar-refractivity contribution in [1.82, 2.24) is 4.72 Å². The van der Waals surface area contributed by atoms with Crippen LogP contribution in [0.3, 0.4) is 0 Å². The zero-order valence-corrected chi connectivity index (χ0v) is 13.5. The van der Waals surface area contributed by atoms with Crippen LogP contribution in [0.4, 0.5) is 0 Å². The normalized spacial score (nSPS) is 11.2. The molecular weight excluding hydrogens is 284 g/mol. The van der Waals surface area contributed by atoms with Crippen molar-refractivity contribution in [1.29, 1.82) is 5.26 Å². The molecule has 1 rings (SSSR count). The number of hydrogen-bond donors (Lipinski definition) is 1. The molecule has 0 aromatic heterocycles. The molecule has 1 aromatic carbocycles. The molecule has 0 amide bonds. The fourth-order valence-corrected chi connectivity index (χ4v) is 3.15. The molecule has 0 saturated carbocycles. The first kappa shape index (κ1) is 17.7. The summed E-state index contributed by atoms with van der Waals surface area (Å²) in [5.74, 6) is 0. The van der Waals surface area contributed by atoms with Gasteiger partial charge in [-0.05, 0) is 30.7 Å². The molecule has 0 atom stereocenters. The number of hydrogen-bond acceptors (Lipinski definition) is 3. The van der Waals surface area contributed by atoms with E-state index in [2.05, 4.69) is 11.6 Å². The van der Waals surface area contributed by atoms with E-state index < -0.39 is 10.0 Å². The largest absolute Gasteiger partial charge is 0.240 e. The number of benzene rings is 1. The predicted molar refractivity (Wildman–Crippen MR) is 84.3 cm³/mol. The van der Waals surface area contributed by atoms with E-state index in [0.717, 1.165) is 12.8 Å². The average molecular weight is 308 g/mol. The van der Waals surface area contributed by atoms with Crippen LogP contribution in [0, 0.1) is 11.3 Å². The van der Waals surface area contributed by atoms with Gasteiger partial charge in [0.25, 0.3) is 0 Å². The van der Waals surface area contributed by atoms with Crippen LogP contribution in [0.5, 0.6) is 0 Å². The number of sulfonamides is 1. The molecule has 1 N–H and O–H groups in total. The van der Waals surface area contributed by atoms with Gasteiger partial charge in [-0.2, -0.15) is 5.26 Å². The van der Waals surface area contributed by atoms with Crippen molar-refractivity contribution in [3.8, 4) is 6.07 Å². The zero-order valence-electron chi connectivity index (χ0n) is 12.6. The summed E-state index contributed by atoms with van der Waals surface area (Å²) in [4.78, 5) is 0.212. The van der Waals surface area contributed by atoms with Crippen molar-refractivity contribution in [3.63, 3.8) is 0 Å². The van der Waals surface area contributed by atoms with Crippen LogP contribution in [0.1, 0.15) is 57.4 Å². The standard InChI is InChI=1S/C16H24N2O2S/c1-2-3-4-5-6-7-8-13-18-21(19,20)16-11-9-15(14-17)10-12-16/h9-12,18H,2-8,13H2,1H3. The number of nitriles is 1. The first-order valence-electron chi connectivity index (χ1n) is 7.60. The van der Waals surface area contributed by atoms with E-state index in [9.17, 15) is 8.42 Å². The lowest BCUT2D eigenvalue weighted by molar-refractivity contribution is 0.563. The number of nitrogens with zero attached hydrogens (tertiary/aromatic N) is 1. The Hall–Kier alpha value is -1.38. The molecule has 1 aromatic rings. The molecule has 0 unspecified atom stereocenters. The summed E-state index contributed by atoms with van der Waals surface area (Å²) in [5, 5.41) is 8.69. The first-order valence-corrected chi connectivity index (χ1v) is 9.08. The monoisotopic (exact) mass is 308 g/mol. The molecule has 0 spiro atoms. The van der Waals surface area contributed by atoms with Crippen LogP contribution >= 0.6 is 0 Å². The summed E-state index contributed by atoms with van der Waals surface area (Å²) in [6.45, 7) is 2.66. The molecule has 0 heterocycles. The molecule has 5 heteroatoms. The molecule has 0 aliphatic heterocycles. The van der Waals surface area contributed by atoms with Gasteiger partial charge in [0, 0.05) is 6.54 Å². The Kier molecular flexibility index (Phi) is 8.03. The third kappa shape index (κ3) is 6.74. The maximum Gasteiger partial charge on any atom is 0.240 e. The third-order valence-electron chi connectivity index (χ3n) is 3.37. The third-order valence-corrected chi connectivity index (χ3v) is 4.84. The van der Waals surface area contributed by atoms with Crippen LogP contribution in [0.2, 0.25) is 0 Å². The Bertz CT molecular complexity index is 545. The smallest absolute Gasteiger partial charge is 0.211 e. The van der Waals surface area contributed by atoms with Gasteiger partial charge in [-0.15, -0.1) is 0 Å². The summed E-state index contributed by atoms with van der Waals surface area (Å²) in [7, 11) is -3.45. The van der Waals surface area contributed by atoms with E-state index in [1.165, 1.54) is 56.4 Å². The van der Waals surface area contributed by atoms with E-state index in [1.807, 2.05) is 6.07 Å². The second-order valence-electron chi connectivity index (χ2n) is 5.16. The van der Waals surface area contributed by atoms with E-state index in [4.69, 9.17) is 5.26 Å². The van der Waals surface area contributed by atoms with Crippen LogP contribution in [-0.4, -0.2) is 15.0 Å².